The summed E-state index contributed by atoms with van der Waals surface area (Å²) in [4.78, 5) is 41.6. The summed E-state index contributed by atoms with van der Waals surface area (Å²) in [6.07, 6.45) is 3.95. The molecule has 0 saturated carbocycles. The molecule has 2 aliphatic rings. The Balaban J connectivity index is 1.72. The zero-order valence-electron chi connectivity index (χ0n) is 14.6. The average molecular weight is 354 g/mol. The summed E-state index contributed by atoms with van der Waals surface area (Å²) in [7, 11) is 0. The maximum absolute atomic E-state index is 12.2. The molecule has 2 amide bonds. The molecule has 2 rings (SSSR count). The minimum Gasteiger partial charge on any atom is -0.439 e. The normalized spacial score (nSPS) is 19.0. The van der Waals surface area contributed by atoms with Gasteiger partial charge >= 0.3 is 12.1 Å². The summed E-state index contributed by atoms with van der Waals surface area (Å²) < 4.78 is 5.41. The van der Waals surface area contributed by atoms with Crippen molar-refractivity contribution in [3.05, 3.63) is 0 Å². The predicted molar refractivity (Wildman–Crippen MR) is 88.5 cm³/mol. The van der Waals surface area contributed by atoms with Gasteiger partial charge in [0.1, 0.15) is 12.1 Å². The molecule has 0 aromatic heterocycles. The highest BCUT2D eigenvalue weighted by Crippen LogP contribution is 2.33. The van der Waals surface area contributed by atoms with Crippen LogP contribution in [-0.2, 0) is 19.2 Å². The monoisotopic (exact) mass is 354 g/mol. The third-order valence-corrected chi connectivity index (χ3v) is 4.54. The first kappa shape index (κ1) is 19.0. The van der Waals surface area contributed by atoms with Crippen LogP contribution in [0.15, 0.2) is 0 Å². The van der Waals surface area contributed by atoms with Crippen molar-refractivity contribution >= 4 is 23.8 Å². The molecule has 1 spiro atoms. The molecule has 0 radical (unpaired) electrons. The van der Waals surface area contributed by atoms with E-state index in [2.05, 4.69) is 0 Å². The zero-order valence-corrected chi connectivity index (χ0v) is 14.6. The van der Waals surface area contributed by atoms with Crippen LogP contribution in [0.5, 0.6) is 0 Å². The summed E-state index contributed by atoms with van der Waals surface area (Å²) in [6.45, 7) is 2.48. The lowest BCUT2D eigenvalue weighted by Crippen LogP contribution is -2.48. The second kappa shape index (κ2) is 8.17. The van der Waals surface area contributed by atoms with Gasteiger partial charge in [-0.15, -0.1) is 5.06 Å². The molecule has 2 fully saturated rings. The van der Waals surface area contributed by atoms with Crippen molar-refractivity contribution in [1.29, 1.82) is 5.41 Å². The number of nitrogens with two attached hydrogens (primary N) is 1. The Morgan fingerprint density at radius 3 is 2.48 bits per heavy atom. The number of amidine groups is 1. The third-order valence-electron chi connectivity index (χ3n) is 4.54. The second-order valence-electron chi connectivity index (χ2n) is 6.64. The molecule has 0 aliphatic carbocycles. The van der Waals surface area contributed by atoms with Gasteiger partial charge in [0.15, 0.2) is 0 Å². The maximum Gasteiger partial charge on any atom is 0.444 e. The lowest BCUT2D eigenvalue weighted by molar-refractivity contribution is -0.172. The summed E-state index contributed by atoms with van der Waals surface area (Å²) >= 11 is 0. The fraction of sp³-hybridized carbons (Fsp3) is 0.750. The van der Waals surface area contributed by atoms with E-state index in [-0.39, 0.29) is 18.3 Å². The van der Waals surface area contributed by atoms with Gasteiger partial charge in [-0.25, -0.2) is 4.79 Å². The Morgan fingerprint density at radius 1 is 1.24 bits per heavy atom. The molecule has 0 aromatic carbocycles. The topological polar surface area (TPSA) is 126 Å². The van der Waals surface area contributed by atoms with Crippen molar-refractivity contribution in [3.63, 3.8) is 0 Å². The van der Waals surface area contributed by atoms with Crippen LogP contribution in [0.1, 0.15) is 51.9 Å². The number of amides is 2. The van der Waals surface area contributed by atoms with Crippen molar-refractivity contribution in [2.75, 3.05) is 19.6 Å². The largest absolute Gasteiger partial charge is 0.444 e. The summed E-state index contributed by atoms with van der Waals surface area (Å²) in [5.41, 5.74) is 4.62. The van der Waals surface area contributed by atoms with Crippen molar-refractivity contribution in [2.45, 2.75) is 57.5 Å². The van der Waals surface area contributed by atoms with Gasteiger partial charge in [0, 0.05) is 45.7 Å². The van der Waals surface area contributed by atoms with E-state index >= 15 is 0 Å². The first-order chi connectivity index (χ1) is 11.8. The number of hydrogen-bond donors (Lipinski definition) is 2. The summed E-state index contributed by atoms with van der Waals surface area (Å²) in [6, 6.07) is 0. The molecule has 0 unspecified atom stereocenters. The molecule has 3 N–H and O–H groups in total. The van der Waals surface area contributed by atoms with Gasteiger partial charge in [-0.1, -0.05) is 6.42 Å². The van der Waals surface area contributed by atoms with Crippen LogP contribution in [0.3, 0.4) is 0 Å². The van der Waals surface area contributed by atoms with Crippen LogP contribution in [0.2, 0.25) is 0 Å². The molecule has 0 aromatic rings. The number of carbonyl (C=O) groups is 3. The van der Waals surface area contributed by atoms with Crippen molar-refractivity contribution in [3.8, 4) is 0 Å². The number of likely N-dealkylation sites (tertiary alicyclic amines) is 1. The zero-order chi connectivity index (χ0) is 18.4. The molecule has 2 heterocycles. The van der Waals surface area contributed by atoms with E-state index < -0.39 is 17.7 Å². The SMILES string of the molecule is CC(=O)ON1CC2(CCN(C(=O)CCCCCC(=N)N)CC2)OC1=O. The Hall–Kier alpha value is -2.32. The highest BCUT2D eigenvalue weighted by atomic mass is 16.8. The lowest BCUT2D eigenvalue weighted by Gasteiger charge is -2.37. The van der Waals surface area contributed by atoms with Crippen LogP contribution < -0.4 is 5.73 Å². The fourth-order valence-electron chi connectivity index (χ4n) is 3.17. The van der Waals surface area contributed by atoms with Crippen LogP contribution in [-0.4, -0.2) is 59.0 Å². The molecule has 9 nitrogen and oxygen atoms in total. The lowest BCUT2D eigenvalue weighted by atomic mass is 9.91. The molecule has 2 aliphatic heterocycles. The Bertz CT molecular complexity index is 543. The van der Waals surface area contributed by atoms with E-state index in [0.717, 1.165) is 24.3 Å². The fourth-order valence-corrected chi connectivity index (χ4v) is 3.17. The number of unbranched alkanes of at least 4 members (excludes halogenated alkanes) is 2. The van der Waals surface area contributed by atoms with E-state index in [1.165, 1.54) is 6.92 Å². The van der Waals surface area contributed by atoms with Gasteiger partial charge in [-0.05, 0) is 12.8 Å². The average Bonchev–Trinajstić information content (AvgIpc) is 2.82. The van der Waals surface area contributed by atoms with Crippen LogP contribution in [0.4, 0.5) is 4.79 Å². The van der Waals surface area contributed by atoms with Crippen molar-refractivity contribution in [2.24, 2.45) is 5.73 Å². The van der Waals surface area contributed by atoms with Gasteiger partial charge in [-0.3, -0.25) is 15.0 Å². The third kappa shape index (κ3) is 5.33. The minimum atomic E-state index is -0.676. The molecule has 9 heteroatoms. The molecular formula is C16H26N4O5. The van der Waals surface area contributed by atoms with E-state index in [4.69, 9.17) is 20.7 Å². The smallest absolute Gasteiger partial charge is 0.439 e. The van der Waals surface area contributed by atoms with Gasteiger partial charge < -0.3 is 20.2 Å². The molecule has 140 valence electrons. The van der Waals surface area contributed by atoms with Crippen LogP contribution in [0.25, 0.3) is 0 Å². The Labute approximate surface area is 146 Å². The number of nitrogens with zero attached hydrogens (tertiary/aromatic N) is 2. The standard InChI is InChI=1S/C16H26N4O5/c1-12(21)25-20-11-16(24-15(20)23)7-9-19(10-8-16)14(22)6-4-2-3-5-13(17)18/h2-11H2,1H3,(H3,17,18). The first-order valence-electron chi connectivity index (χ1n) is 8.61. The van der Waals surface area contributed by atoms with Crippen LogP contribution >= 0.6 is 0 Å². The van der Waals surface area contributed by atoms with Gasteiger partial charge in [0.05, 0.1) is 5.84 Å². The van der Waals surface area contributed by atoms with Crippen molar-refractivity contribution in [1.82, 2.24) is 9.96 Å². The first-order valence-corrected chi connectivity index (χ1v) is 8.61. The van der Waals surface area contributed by atoms with Gasteiger partial charge in [0.25, 0.3) is 0 Å². The number of nitrogens with one attached hydrogen (secondary N) is 1. The van der Waals surface area contributed by atoms with E-state index in [9.17, 15) is 14.4 Å². The highest BCUT2D eigenvalue weighted by molar-refractivity contribution is 5.77. The summed E-state index contributed by atoms with van der Waals surface area (Å²) in [5.74, 6) is -0.285. The molecule has 25 heavy (non-hydrogen) atoms. The number of hydrogen-bond acceptors (Lipinski definition) is 6. The molecular weight excluding hydrogens is 328 g/mol. The van der Waals surface area contributed by atoms with E-state index in [1.807, 2.05) is 0 Å². The quantitative estimate of drug-likeness (QED) is 0.401. The number of rotatable bonds is 7. The van der Waals surface area contributed by atoms with Crippen LogP contribution in [0, 0.1) is 5.41 Å². The highest BCUT2D eigenvalue weighted by Gasteiger charge is 2.49. The molecule has 0 atom stereocenters. The maximum atomic E-state index is 12.2. The van der Waals surface area contributed by atoms with Gasteiger partial charge in [0.2, 0.25) is 5.91 Å². The number of hydroxylamine groups is 2. The summed E-state index contributed by atoms with van der Waals surface area (Å²) in [5, 5.41) is 8.11. The molecule has 2 saturated heterocycles. The Morgan fingerprint density at radius 2 is 1.88 bits per heavy atom. The van der Waals surface area contributed by atoms with Crippen molar-refractivity contribution < 1.29 is 24.0 Å². The minimum absolute atomic E-state index is 0.0961. The number of ether oxygens (including phenoxy) is 1. The Kier molecular flexibility index (Phi) is 6.22. The van der Waals surface area contributed by atoms with E-state index in [0.29, 0.717) is 38.8 Å². The number of piperidine rings is 1. The van der Waals surface area contributed by atoms with Gasteiger partial charge in [-0.2, -0.15) is 0 Å². The molecule has 0 bridgehead atoms. The second-order valence-corrected chi connectivity index (χ2v) is 6.64. The predicted octanol–water partition coefficient (Wildman–Crippen LogP) is 1.16. The van der Waals surface area contributed by atoms with E-state index in [1.54, 1.807) is 4.90 Å². The number of carbonyl (C=O) groups excluding carboxylic acids is 3.